The molecule has 7 heteroatoms. The van der Waals surface area contributed by atoms with E-state index in [1.807, 2.05) is 13.0 Å². The van der Waals surface area contributed by atoms with Crippen LogP contribution in [-0.4, -0.2) is 21.8 Å². The summed E-state index contributed by atoms with van der Waals surface area (Å²) >= 11 is 0. The Balaban J connectivity index is 1.90. The lowest BCUT2D eigenvalue weighted by Crippen LogP contribution is -2.23. The van der Waals surface area contributed by atoms with Gasteiger partial charge < -0.3 is 4.42 Å². The number of aromatic amines is 1. The van der Waals surface area contributed by atoms with E-state index in [1.54, 1.807) is 37.3 Å². The van der Waals surface area contributed by atoms with Gasteiger partial charge in [-0.25, -0.2) is 10.5 Å². The van der Waals surface area contributed by atoms with E-state index in [9.17, 15) is 9.59 Å². The Kier molecular flexibility index (Phi) is 3.76. The first kappa shape index (κ1) is 14.7. The van der Waals surface area contributed by atoms with Gasteiger partial charge in [-0.3, -0.25) is 9.59 Å². The number of H-pyrrole nitrogens is 1. The number of furan rings is 1. The molecule has 0 radical (unpaired) electrons. The molecule has 1 aromatic carbocycles. The van der Waals surface area contributed by atoms with Gasteiger partial charge in [-0.1, -0.05) is 18.2 Å². The molecule has 23 heavy (non-hydrogen) atoms. The standard InChI is InChI=1S/C16H14N4O3/c1-9-7-8-13(23-9)10(2)17-20-16(22)14-11-5-3-4-6-12(11)15(21)19-18-14/h3-8H,1-2H3,(H,19,21)(H,20,22)/b17-10-. The Morgan fingerprint density at radius 2 is 1.96 bits per heavy atom. The van der Waals surface area contributed by atoms with Gasteiger partial charge in [0.2, 0.25) is 0 Å². The molecule has 0 aliphatic rings. The summed E-state index contributed by atoms with van der Waals surface area (Å²) in [5, 5.41) is 11.0. The quantitative estimate of drug-likeness (QED) is 0.570. The number of carbonyl (C=O) groups excluding carboxylic acids is 1. The van der Waals surface area contributed by atoms with Crippen LogP contribution >= 0.6 is 0 Å². The molecule has 0 saturated carbocycles. The van der Waals surface area contributed by atoms with Gasteiger partial charge in [-0.05, 0) is 32.0 Å². The van der Waals surface area contributed by atoms with E-state index in [0.717, 1.165) is 5.76 Å². The van der Waals surface area contributed by atoms with E-state index in [2.05, 4.69) is 20.7 Å². The molecule has 0 atom stereocenters. The molecule has 3 aromatic rings. The second-order valence-corrected chi connectivity index (χ2v) is 5.00. The Labute approximate surface area is 131 Å². The van der Waals surface area contributed by atoms with Crippen molar-refractivity contribution in [1.82, 2.24) is 15.6 Å². The van der Waals surface area contributed by atoms with Gasteiger partial charge in [0.05, 0.1) is 5.39 Å². The monoisotopic (exact) mass is 310 g/mol. The first-order valence-electron chi connectivity index (χ1n) is 6.95. The molecular formula is C16H14N4O3. The fraction of sp³-hybridized carbons (Fsp3) is 0.125. The third-order valence-electron chi connectivity index (χ3n) is 3.33. The van der Waals surface area contributed by atoms with Crippen molar-refractivity contribution in [1.29, 1.82) is 0 Å². The number of hydrogen-bond donors (Lipinski definition) is 2. The van der Waals surface area contributed by atoms with Crippen LogP contribution in [0.5, 0.6) is 0 Å². The van der Waals surface area contributed by atoms with Gasteiger partial charge in [0, 0.05) is 5.39 Å². The number of nitrogens with zero attached hydrogens (tertiary/aromatic N) is 2. The molecule has 0 aliphatic carbocycles. The molecule has 3 rings (SSSR count). The van der Waals surface area contributed by atoms with Crippen molar-refractivity contribution < 1.29 is 9.21 Å². The van der Waals surface area contributed by atoms with Crippen molar-refractivity contribution in [3.05, 3.63) is 64.0 Å². The van der Waals surface area contributed by atoms with Crippen molar-refractivity contribution in [3.8, 4) is 0 Å². The summed E-state index contributed by atoms with van der Waals surface area (Å²) in [6.07, 6.45) is 0. The van der Waals surface area contributed by atoms with E-state index in [-0.39, 0.29) is 11.3 Å². The summed E-state index contributed by atoms with van der Waals surface area (Å²) in [5.41, 5.74) is 2.71. The number of benzene rings is 1. The summed E-state index contributed by atoms with van der Waals surface area (Å²) in [5.74, 6) is 0.816. The molecule has 7 nitrogen and oxygen atoms in total. The van der Waals surface area contributed by atoms with Crippen molar-refractivity contribution in [3.63, 3.8) is 0 Å². The van der Waals surface area contributed by atoms with Crippen LogP contribution in [-0.2, 0) is 0 Å². The lowest BCUT2D eigenvalue weighted by atomic mass is 10.1. The van der Waals surface area contributed by atoms with E-state index >= 15 is 0 Å². The maximum Gasteiger partial charge on any atom is 0.292 e. The lowest BCUT2D eigenvalue weighted by molar-refractivity contribution is 0.0950. The Morgan fingerprint density at radius 3 is 2.65 bits per heavy atom. The van der Waals surface area contributed by atoms with Gasteiger partial charge in [-0.15, -0.1) is 0 Å². The number of aromatic nitrogens is 2. The molecule has 0 saturated heterocycles. The van der Waals surface area contributed by atoms with Gasteiger partial charge >= 0.3 is 0 Å². The molecule has 2 N–H and O–H groups in total. The van der Waals surface area contributed by atoms with Gasteiger partial charge in [0.1, 0.15) is 17.2 Å². The van der Waals surface area contributed by atoms with Crippen LogP contribution in [0.25, 0.3) is 10.8 Å². The fourth-order valence-corrected chi connectivity index (χ4v) is 2.16. The molecule has 0 aliphatic heterocycles. The minimum absolute atomic E-state index is 0.104. The van der Waals surface area contributed by atoms with Gasteiger partial charge in [-0.2, -0.15) is 10.2 Å². The maximum atomic E-state index is 12.3. The Hall–Kier alpha value is -3.22. The number of nitrogens with one attached hydrogen (secondary N) is 2. The molecule has 0 fully saturated rings. The highest BCUT2D eigenvalue weighted by molar-refractivity contribution is 6.05. The van der Waals surface area contributed by atoms with Crippen LogP contribution in [0.1, 0.15) is 28.9 Å². The van der Waals surface area contributed by atoms with Gasteiger partial charge in [0.15, 0.2) is 5.69 Å². The minimum atomic E-state index is -0.514. The van der Waals surface area contributed by atoms with Crippen molar-refractivity contribution in [2.24, 2.45) is 5.10 Å². The van der Waals surface area contributed by atoms with E-state index in [1.165, 1.54) is 0 Å². The number of aryl methyl sites for hydroxylation is 1. The second-order valence-electron chi connectivity index (χ2n) is 5.00. The molecule has 116 valence electrons. The number of hydrazone groups is 1. The SMILES string of the molecule is C/C(=N/NC(=O)c1n[nH]c(=O)c2ccccc12)c1ccc(C)o1. The average molecular weight is 310 g/mol. The highest BCUT2D eigenvalue weighted by Gasteiger charge is 2.13. The zero-order valence-corrected chi connectivity index (χ0v) is 12.6. The number of fused-ring (bicyclic) bond motifs is 1. The second kappa shape index (κ2) is 5.88. The fourth-order valence-electron chi connectivity index (χ4n) is 2.16. The number of carbonyl (C=O) groups is 1. The highest BCUT2D eigenvalue weighted by Crippen LogP contribution is 2.12. The van der Waals surface area contributed by atoms with Crippen molar-refractivity contribution >= 4 is 22.4 Å². The third kappa shape index (κ3) is 2.89. The van der Waals surface area contributed by atoms with E-state index < -0.39 is 5.91 Å². The number of rotatable bonds is 3. The Morgan fingerprint density at radius 1 is 1.22 bits per heavy atom. The lowest BCUT2D eigenvalue weighted by Gasteiger charge is -2.04. The van der Waals surface area contributed by atoms with Crippen LogP contribution in [0, 0.1) is 6.92 Å². The molecule has 2 aromatic heterocycles. The Bertz CT molecular complexity index is 969. The molecule has 0 spiro atoms. The van der Waals surface area contributed by atoms with Crippen molar-refractivity contribution in [2.45, 2.75) is 13.8 Å². The molecule has 2 heterocycles. The van der Waals surface area contributed by atoms with Crippen LogP contribution < -0.4 is 11.0 Å². The minimum Gasteiger partial charge on any atom is -0.460 e. The predicted octanol–water partition coefficient (Wildman–Crippen LogP) is 1.98. The van der Waals surface area contributed by atoms with Crippen LogP contribution in [0.3, 0.4) is 0 Å². The normalized spacial score (nSPS) is 11.7. The zero-order chi connectivity index (χ0) is 16.4. The van der Waals surface area contributed by atoms with Crippen LogP contribution in [0.15, 0.2) is 50.7 Å². The van der Waals surface area contributed by atoms with Crippen LogP contribution in [0.2, 0.25) is 0 Å². The predicted molar refractivity (Wildman–Crippen MR) is 85.5 cm³/mol. The van der Waals surface area contributed by atoms with E-state index in [4.69, 9.17) is 4.42 Å². The third-order valence-corrected chi connectivity index (χ3v) is 3.33. The van der Waals surface area contributed by atoms with Gasteiger partial charge in [0.25, 0.3) is 11.5 Å². The molecule has 1 amide bonds. The maximum absolute atomic E-state index is 12.3. The zero-order valence-electron chi connectivity index (χ0n) is 12.6. The molecular weight excluding hydrogens is 296 g/mol. The molecule has 0 unspecified atom stereocenters. The first-order chi connectivity index (χ1) is 11.1. The smallest absolute Gasteiger partial charge is 0.292 e. The molecule has 0 bridgehead atoms. The van der Waals surface area contributed by atoms with Crippen molar-refractivity contribution in [2.75, 3.05) is 0 Å². The summed E-state index contributed by atoms with van der Waals surface area (Å²) in [6.45, 7) is 3.54. The van der Waals surface area contributed by atoms with E-state index in [0.29, 0.717) is 22.2 Å². The first-order valence-corrected chi connectivity index (χ1v) is 6.95. The summed E-state index contributed by atoms with van der Waals surface area (Å²) < 4.78 is 5.42. The number of amides is 1. The average Bonchev–Trinajstić information content (AvgIpc) is 2.99. The highest BCUT2D eigenvalue weighted by atomic mass is 16.3. The van der Waals surface area contributed by atoms with Crippen LogP contribution in [0.4, 0.5) is 0 Å². The summed E-state index contributed by atoms with van der Waals surface area (Å²) in [6, 6.07) is 10.3. The number of hydrogen-bond acceptors (Lipinski definition) is 5. The summed E-state index contributed by atoms with van der Waals surface area (Å²) in [7, 11) is 0. The summed E-state index contributed by atoms with van der Waals surface area (Å²) in [4.78, 5) is 24.0. The topological polar surface area (TPSA) is 100 Å². The largest absolute Gasteiger partial charge is 0.460 e.